The summed E-state index contributed by atoms with van der Waals surface area (Å²) in [5.41, 5.74) is 1.17. The van der Waals surface area contributed by atoms with Crippen molar-refractivity contribution in [2.75, 3.05) is 0 Å². The largest absolute Gasteiger partial charge is 0.273 e. The molecule has 0 N–H and O–H groups in total. The van der Waals surface area contributed by atoms with Crippen LogP contribution >= 0.6 is 0 Å². The lowest BCUT2D eigenvalue weighted by Gasteiger charge is -2.35. The second kappa shape index (κ2) is 6.23. The number of aryl methyl sites for hydroxylation is 2. The molecule has 0 radical (unpaired) electrons. The van der Waals surface area contributed by atoms with Crippen LogP contribution in [0.1, 0.15) is 57.6 Å². The molecule has 1 fully saturated rings. The van der Waals surface area contributed by atoms with Crippen LogP contribution in [-0.4, -0.2) is 9.78 Å². The third kappa shape index (κ3) is 3.37. The Balaban J connectivity index is 1.90. The maximum absolute atomic E-state index is 9.58. The molecule has 3 nitrogen and oxygen atoms in total. The summed E-state index contributed by atoms with van der Waals surface area (Å²) < 4.78 is 1.92. The van der Waals surface area contributed by atoms with Crippen molar-refractivity contribution in [1.82, 2.24) is 9.78 Å². The first-order chi connectivity index (χ1) is 9.19. The van der Waals surface area contributed by atoms with Crippen molar-refractivity contribution in [1.29, 1.82) is 5.26 Å². The highest BCUT2D eigenvalue weighted by Gasteiger charge is 2.34. The molecule has 1 aliphatic rings. The SMILES string of the molecule is CCCC1CCC(C#N)(CCc2ccnn2C)CC1. The maximum atomic E-state index is 9.58. The van der Waals surface area contributed by atoms with Gasteiger partial charge in [0, 0.05) is 18.9 Å². The third-order valence-corrected chi connectivity index (χ3v) is 4.78. The molecule has 0 aromatic carbocycles. The number of nitriles is 1. The summed E-state index contributed by atoms with van der Waals surface area (Å²) >= 11 is 0. The van der Waals surface area contributed by atoms with Crippen LogP contribution in [0.3, 0.4) is 0 Å². The number of hydrogen-bond acceptors (Lipinski definition) is 2. The van der Waals surface area contributed by atoms with E-state index >= 15 is 0 Å². The smallest absolute Gasteiger partial charge is 0.0689 e. The van der Waals surface area contributed by atoms with Crippen molar-refractivity contribution in [2.45, 2.75) is 58.3 Å². The second-order valence-corrected chi connectivity index (χ2v) is 6.07. The molecule has 0 atom stereocenters. The molecule has 0 saturated heterocycles. The van der Waals surface area contributed by atoms with Crippen molar-refractivity contribution in [2.24, 2.45) is 18.4 Å². The van der Waals surface area contributed by atoms with Crippen molar-refractivity contribution >= 4 is 0 Å². The van der Waals surface area contributed by atoms with Crippen molar-refractivity contribution in [3.8, 4) is 6.07 Å². The van der Waals surface area contributed by atoms with Crippen LogP contribution < -0.4 is 0 Å². The standard InChI is InChI=1S/C16H25N3/c1-3-4-14-5-9-16(13-17,10-6-14)11-7-15-8-12-18-19(15)2/h8,12,14H,3-7,9-11H2,1-2H3. The summed E-state index contributed by atoms with van der Waals surface area (Å²) in [6, 6.07) is 4.70. The Bertz CT molecular complexity index is 433. The number of hydrogen-bond donors (Lipinski definition) is 0. The van der Waals surface area contributed by atoms with Gasteiger partial charge >= 0.3 is 0 Å². The minimum Gasteiger partial charge on any atom is -0.273 e. The van der Waals surface area contributed by atoms with Gasteiger partial charge in [-0.3, -0.25) is 4.68 Å². The van der Waals surface area contributed by atoms with Gasteiger partial charge in [0.15, 0.2) is 0 Å². The average molecular weight is 259 g/mol. The van der Waals surface area contributed by atoms with Gasteiger partial charge in [-0.05, 0) is 50.5 Å². The average Bonchev–Trinajstić information content (AvgIpc) is 2.84. The van der Waals surface area contributed by atoms with Gasteiger partial charge in [-0.25, -0.2) is 0 Å². The molecule has 1 saturated carbocycles. The first-order valence-electron chi connectivity index (χ1n) is 7.57. The molecule has 1 aliphatic carbocycles. The zero-order valence-corrected chi connectivity index (χ0v) is 12.2. The molecule has 0 unspecified atom stereocenters. The quantitative estimate of drug-likeness (QED) is 0.806. The first kappa shape index (κ1) is 14.1. The molecule has 0 spiro atoms. The van der Waals surface area contributed by atoms with E-state index in [0.29, 0.717) is 0 Å². The van der Waals surface area contributed by atoms with Crippen LogP contribution in [0.5, 0.6) is 0 Å². The molecule has 19 heavy (non-hydrogen) atoms. The summed E-state index contributed by atoms with van der Waals surface area (Å²) in [4.78, 5) is 0. The van der Waals surface area contributed by atoms with Crippen LogP contribution in [0.2, 0.25) is 0 Å². The molecule has 1 aromatic rings. The summed E-state index contributed by atoms with van der Waals surface area (Å²) in [7, 11) is 1.98. The third-order valence-electron chi connectivity index (χ3n) is 4.78. The monoisotopic (exact) mass is 259 g/mol. The summed E-state index contributed by atoms with van der Waals surface area (Å²) in [6.07, 6.45) is 11.1. The zero-order chi connectivity index (χ0) is 13.7. The van der Waals surface area contributed by atoms with Crippen LogP contribution in [0.25, 0.3) is 0 Å². The number of nitrogens with zero attached hydrogens (tertiary/aromatic N) is 3. The molecule has 3 heteroatoms. The minimum atomic E-state index is -0.0749. The van der Waals surface area contributed by atoms with Crippen molar-refractivity contribution < 1.29 is 0 Å². The van der Waals surface area contributed by atoms with Gasteiger partial charge in [0.1, 0.15) is 0 Å². The molecule has 0 bridgehead atoms. The Kier molecular flexibility index (Phi) is 4.63. The molecular formula is C16H25N3. The van der Waals surface area contributed by atoms with Gasteiger partial charge in [0.25, 0.3) is 0 Å². The summed E-state index contributed by atoms with van der Waals surface area (Å²) in [5.74, 6) is 0.864. The van der Waals surface area contributed by atoms with E-state index in [2.05, 4.69) is 24.2 Å². The van der Waals surface area contributed by atoms with E-state index in [1.165, 1.54) is 31.4 Å². The van der Waals surface area contributed by atoms with E-state index in [4.69, 9.17) is 0 Å². The molecule has 0 amide bonds. The molecule has 104 valence electrons. The highest BCUT2D eigenvalue weighted by Crippen LogP contribution is 2.43. The Morgan fingerprint density at radius 2 is 2.21 bits per heavy atom. The van der Waals surface area contributed by atoms with Gasteiger partial charge in [0.2, 0.25) is 0 Å². The molecule has 0 aliphatic heterocycles. The second-order valence-electron chi connectivity index (χ2n) is 6.07. The fourth-order valence-electron chi connectivity index (χ4n) is 3.36. The van der Waals surface area contributed by atoms with Gasteiger partial charge in [-0.1, -0.05) is 19.8 Å². The van der Waals surface area contributed by atoms with Crippen LogP contribution in [-0.2, 0) is 13.5 Å². The molecule has 1 heterocycles. The first-order valence-corrected chi connectivity index (χ1v) is 7.57. The maximum Gasteiger partial charge on any atom is 0.0689 e. The fraction of sp³-hybridized carbons (Fsp3) is 0.750. The highest BCUT2D eigenvalue weighted by atomic mass is 15.2. The lowest BCUT2D eigenvalue weighted by atomic mass is 9.68. The van der Waals surface area contributed by atoms with Gasteiger partial charge in [-0.2, -0.15) is 10.4 Å². The normalized spacial score (nSPS) is 27.1. The van der Waals surface area contributed by atoms with E-state index in [1.807, 2.05) is 17.9 Å². The molecular weight excluding hydrogens is 234 g/mol. The van der Waals surface area contributed by atoms with Gasteiger partial charge < -0.3 is 0 Å². The van der Waals surface area contributed by atoms with E-state index in [1.54, 1.807) is 0 Å². The van der Waals surface area contributed by atoms with E-state index in [9.17, 15) is 5.26 Å². The Hall–Kier alpha value is -1.30. The molecule has 2 rings (SSSR count). The van der Waals surface area contributed by atoms with Crippen LogP contribution in [0.4, 0.5) is 0 Å². The predicted molar refractivity (Wildman–Crippen MR) is 76.4 cm³/mol. The summed E-state index contributed by atoms with van der Waals surface area (Å²) in [6.45, 7) is 2.26. The van der Waals surface area contributed by atoms with E-state index in [-0.39, 0.29) is 5.41 Å². The Morgan fingerprint density at radius 3 is 2.74 bits per heavy atom. The van der Waals surface area contributed by atoms with Gasteiger partial charge in [0.05, 0.1) is 11.5 Å². The highest BCUT2D eigenvalue weighted by molar-refractivity contribution is 5.06. The zero-order valence-electron chi connectivity index (χ0n) is 12.2. The topological polar surface area (TPSA) is 41.6 Å². The van der Waals surface area contributed by atoms with Crippen molar-refractivity contribution in [3.63, 3.8) is 0 Å². The number of aromatic nitrogens is 2. The van der Waals surface area contributed by atoms with E-state index < -0.39 is 0 Å². The minimum absolute atomic E-state index is 0.0749. The summed E-state index contributed by atoms with van der Waals surface area (Å²) in [5, 5.41) is 13.8. The lowest BCUT2D eigenvalue weighted by Crippen LogP contribution is -2.27. The Morgan fingerprint density at radius 1 is 1.47 bits per heavy atom. The van der Waals surface area contributed by atoms with Crippen LogP contribution in [0, 0.1) is 22.7 Å². The van der Waals surface area contributed by atoms with Gasteiger partial charge in [-0.15, -0.1) is 0 Å². The van der Waals surface area contributed by atoms with Crippen molar-refractivity contribution in [3.05, 3.63) is 18.0 Å². The molecule has 1 aromatic heterocycles. The number of rotatable bonds is 5. The fourth-order valence-corrected chi connectivity index (χ4v) is 3.36. The van der Waals surface area contributed by atoms with Crippen LogP contribution in [0.15, 0.2) is 12.3 Å². The lowest BCUT2D eigenvalue weighted by molar-refractivity contribution is 0.189. The Labute approximate surface area is 116 Å². The predicted octanol–water partition coefficient (Wildman–Crippen LogP) is 3.85. The van der Waals surface area contributed by atoms with E-state index in [0.717, 1.165) is 31.6 Å².